The fraction of sp³-hybridized carbons (Fsp3) is 0.419. The summed E-state index contributed by atoms with van der Waals surface area (Å²) in [5, 5.41) is 4.16. The van der Waals surface area contributed by atoms with E-state index in [2.05, 4.69) is 10.0 Å². The van der Waals surface area contributed by atoms with E-state index >= 15 is 0 Å². The zero-order chi connectivity index (χ0) is 28.7. The van der Waals surface area contributed by atoms with Crippen molar-refractivity contribution in [2.45, 2.75) is 69.9 Å². The largest absolute Gasteiger partial charge is 0.444 e. The van der Waals surface area contributed by atoms with Crippen LogP contribution < -0.4 is 10.0 Å². The molecule has 0 radical (unpaired) electrons. The number of fused-ring (bicyclic) bond motifs is 1. The zero-order valence-electron chi connectivity index (χ0n) is 23.5. The fourth-order valence-electron chi connectivity index (χ4n) is 5.82. The first-order chi connectivity index (χ1) is 18.9. The molecule has 8 nitrogen and oxygen atoms in total. The second kappa shape index (κ2) is 10.5. The fourth-order valence-corrected chi connectivity index (χ4v) is 7.41. The van der Waals surface area contributed by atoms with Crippen molar-refractivity contribution >= 4 is 38.5 Å². The predicted molar refractivity (Wildman–Crippen MR) is 156 cm³/mol. The zero-order valence-corrected chi connectivity index (χ0v) is 24.3. The third kappa shape index (κ3) is 5.58. The molecule has 1 unspecified atom stereocenters. The van der Waals surface area contributed by atoms with Gasteiger partial charge in [0, 0.05) is 41.2 Å². The molecule has 1 aliphatic carbocycles. The Labute approximate surface area is 236 Å². The topological polar surface area (TPSA) is 105 Å². The van der Waals surface area contributed by atoms with Gasteiger partial charge in [0.1, 0.15) is 5.60 Å². The van der Waals surface area contributed by atoms with Crippen LogP contribution in [0.2, 0.25) is 0 Å². The molecule has 2 N–H and O–H groups in total. The molecule has 3 aromatic carbocycles. The van der Waals surface area contributed by atoms with Crippen LogP contribution in [0.3, 0.4) is 0 Å². The number of hydrogen-bond acceptors (Lipinski definition) is 5. The SMILES string of the molecule is Cc1ccccc1C(=O)Nc1ccc(S(=O)(=O)NC2CCC23CCN(C(=O)OC(C)(C)C)CC3)c2ccccc12. The minimum absolute atomic E-state index is 0.164. The molecule has 1 heterocycles. The maximum absolute atomic E-state index is 13.7. The summed E-state index contributed by atoms with van der Waals surface area (Å²) in [5.41, 5.74) is 1.26. The van der Waals surface area contributed by atoms with Gasteiger partial charge in [0.15, 0.2) is 0 Å². The number of rotatable bonds is 5. The molecule has 0 aromatic heterocycles. The van der Waals surface area contributed by atoms with E-state index < -0.39 is 15.6 Å². The van der Waals surface area contributed by atoms with Crippen LogP contribution in [0.5, 0.6) is 0 Å². The summed E-state index contributed by atoms with van der Waals surface area (Å²) in [5.74, 6) is -0.244. The maximum atomic E-state index is 13.7. The third-order valence-electron chi connectivity index (χ3n) is 8.19. The maximum Gasteiger partial charge on any atom is 0.410 e. The highest BCUT2D eigenvalue weighted by molar-refractivity contribution is 7.89. The molecule has 5 rings (SSSR count). The van der Waals surface area contributed by atoms with Gasteiger partial charge in [0.25, 0.3) is 5.91 Å². The van der Waals surface area contributed by atoms with Crippen molar-refractivity contribution in [3.8, 4) is 0 Å². The Morgan fingerprint density at radius 3 is 2.20 bits per heavy atom. The summed E-state index contributed by atoms with van der Waals surface area (Å²) in [7, 11) is -3.85. The van der Waals surface area contributed by atoms with Gasteiger partial charge in [-0.3, -0.25) is 4.79 Å². The molecule has 1 spiro atoms. The molecule has 1 saturated carbocycles. The van der Waals surface area contributed by atoms with Crippen molar-refractivity contribution in [1.29, 1.82) is 0 Å². The average Bonchev–Trinajstić information content (AvgIpc) is 2.90. The van der Waals surface area contributed by atoms with Crippen molar-refractivity contribution in [3.63, 3.8) is 0 Å². The van der Waals surface area contributed by atoms with E-state index in [4.69, 9.17) is 4.74 Å². The molecule has 212 valence electrons. The Morgan fingerprint density at radius 2 is 1.57 bits per heavy atom. The Balaban J connectivity index is 1.33. The van der Waals surface area contributed by atoms with Crippen LogP contribution in [0.25, 0.3) is 10.8 Å². The molecule has 40 heavy (non-hydrogen) atoms. The van der Waals surface area contributed by atoms with Gasteiger partial charge < -0.3 is 15.0 Å². The molecular weight excluding hydrogens is 526 g/mol. The van der Waals surface area contributed by atoms with Gasteiger partial charge in [-0.2, -0.15) is 0 Å². The molecular formula is C31H37N3O5S. The highest BCUT2D eigenvalue weighted by Crippen LogP contribution is 2.50. The van der Waals surface area contributed by atoms with Crippen molar-refractivity contribution in [1.82, 2.24) is 9.62 Å². The lowest BCUT2D eigenvalue weighted by atomic mass is 9.60. The number of carbonyl (C=O) groups is 2. The number of sulfonamides is 1. The summed E-state index contributed by atoms with van der Waals surface area (Å²) < 4.78 is 35.9. The van der Waals surface area contributed by atoms with Gasteiger partial charge in [-0.25, -0.2) is 17.9 Å². The normalized spacial score (nSPS) is 18.8. The van der Waals surface area contributed by atoms with E-state index in [0.29, 0.717) is 35.1 Å². The molecule has 3 aromatic rings. The first-order valence-electron chi connectivity index (χ1n) is 13.8. The summed E-state index contributed by atoms with van der Waals surface area (Å²) in [6.45, 7) is 8.52. The first kappa shape index (κ1) is 28.1. The molecule has 2 amide bonds. The third-order valence-corrected chi connectivity index (χ3v) is 9.72. The lowest BCUT2D eigenvalue weighted by Crippen LogP contribution is -2.59. The van der Waals surface area contributed by atoms with Crippen LogP contribution in [0.15, 0.2) is 65.6 Å². The van der Waals surface area contributed by atoms with Crippen molar-refractivity contribution in [2.24, 2.45) is 5.41 Å². The highest BCUT2D eigenvalue weighted by Gasteiger charge is 2.50. The number of carbonyl (C=O) groups excluding carboxylic acids is 2. The molecule has 1 saturated heterocycles. The molecule has 1 atom stereocenters. The van der Waals surface area contributed by atoms with Crippen LogP contribution in [-0.2, 0) is 14.8 Å². The lowest BCUT2D eigenvalue weighted by Gasteiger charge is -2.53. The summed E-state index contributed by atoms with van der Waals surface area (Å²) in [4.78, 5) is 27.4. The Morgan fingerprint density at radius 1 is 0.925 bits per heavy atom. The lowest BCUT2D eigenvalue weighted by molar-refractivity contribution is -0.0184. The quantitative estimate of drug-likeness (QED) is 0.405. The molecule has 1 aliphatic heterocycles. The number of ether oxygens (including phenoxy) is 1. The number of benzene rings is 3. The van der Waals surface area contributed by atoms with Crippen LogP contribution in [0.4, 0.5) is 10.5 Å². The van der Waals surface area contributed by atoms with Gasteiger partial charge in [0.2, 0.25) is 10.0 Å². The van der Waals surface area contributed by atoms with E-state index in [9.17, 15) is 18.0 Å². The van der Waals surface area contributed by atoms with E-state index in [1.807, 2.05) is 58.0 Å². The second-order valence-corrected chi connectivity index (χ2v) is 13.7. The van der Waals surface area contributed by atoms with Gasteiger partial charge >= 0.3 is 6.09 Å². The number of nitrogens with one attached hydrogen (secondary N) is 2. The molecule has 2 fully saturated rings. The second-order valence-electron chi connectivity index (χ2n) is 12.0. The van der Waals surface area contributed by atoms with Gasteiger partial charge in [0.05, 0.1) is 4.90 Å². The number of hydrogen-bond donors (Lipinski definition) is 2. The van der Waals surface area contributed by atoms with E-state index in [-0.39, 0.29) is 28.4 Å². The minimum Gasteiger partial charge on any atom is -0.444 e. The van der Waals surface area contributed by atoms with E-state index in [0.717, 1.165) is 31.2 Å². The summed E-state index contributed by atoms with van der Waals surface area (Å²) >= 11 is 0. The highest BCUT2D eigenvalue weighted by atomic mass is 32.2. The van der Waals surface area contributed by atoms with Crippen LogP contribution in [0, 0.1) is 12.3 Å². The Bertz CT molecular complexity index is 1550. The van der Waals surface area contributed by atoms with Crippen LogP contribution in [-0.4, -0.2) is 50.1 Å². The smallest absolute Gasteiger partial charge is 0.410 e. The summed E-state index contributed by atoms with van der Waals surface area (Å²) in [6.07, 6.45) is 2.81. The van der Waals surface area contributed by atoms with Gasteiger partial charge in [-0.15, -0.1) is 0 Å². The molecule has 2 aliphatic rings. The predicted octanol–water partition coefficient (Wildman–Crippen LogP) is 5.86. The van der Waals surface area contributed by atoms with Gasteiger partial charge in [-0.1, -0.05) is 42.5 Å². The number of amides is 2. The summed E-state index contributed by atoms with van der Waals surface area (Å²) in [6, 6.07) is 17.6. The minimum atomic E-state index is -3.85. The number of nitrogens with zero attached hydrogens (tertiary/aromatic N) is 1. The van der Waals surface area contributed by atoms with Crippen molar-refractivity contribution in [2.75, 3.05) is 18.4 Å². The number of likely N-dealkylation sites (tertiary alicyclic amines) is 1. The number of aryl methyl sites for hydroxylation is 1. The van der Waals surface area contributed by atoms with Crippen molar-refractivity contribution in [3.05, 3.63) is 71.8 Å². The monoisotopic (exact) mass is 563 g/mol. The standard InChI is InChI=1S/C31H37N3O5S/c1-21-9-5-6-10-22(21)28(35)32-25-13-14-26(24-12-8-7-11-23(24)25)40(37,38)33-27-15-16-31(27)17-19-34(20-18-31)29(36)39-30(2,3)4/h5-14,27,33H,15-20H2,1-4H3,(H,32,35). The van der Waals surface area contributed by atoms with Gasteiger partial charge in [-0.05, 0) is 82.6 Å². The Kier molecular flexibility index (Phi) is 7.39. The number of piperidine rings is 1. The number of anilines is 1. The van der Waals surface area contributed by atoms with Crippen molar-refractivity contribution < 1.29 is 22.7 Å². The average molecular weight is 564 g/mol. The van der Waals surface area contributed by atoms with E-state index in [1.54, 1.807) is 35.2 Å². The van der Waals surface area contributed by atoms with Crippen LogP contribution >= 0.6 is 0 Å². The van der Waals surface area contributed by atoms with Crippen LogP contribution in [0.1, 0.15) is 62.4 Å². The Hall–Kier alpha value is -3.43. The molecule has 0 bridgehead atoms. The first-order valence-corrected chi connectivity index (χ1v) is 15.3. The van der Waals surface area contributed by atoms with E-state index in [1.165, 1.54) is 0 Å². The molecule has 9 heteroatoms.